The summed E-state index contributed by atoms with van der Waals surface area (Å²) in [5, 5.41) is 4.76. The molecule has 0 fully saturated rings. The Morgan fingerprint density at radius 1 is 1.53 bits per heavy atom. The van der Waals surface area contributed by atoms with Crippen molar-refractivity contribution in [3.63, 3.8) is 0 Å². The van der Waals surface area contributed by atoms with Gasteiger partial charge in [-0.15, -0.1) is 0 Å². The van der Waals surface area contributed by atoms with Gasteiger partial charge in [-0.05, 0) is 6.42 Å². The first kappa shape index (κ1) is 13.7. The molecule has 0 unspecified atom stereocenters. The van der Waals surface area contributed by atoms with Crippen LogP contribution in [0.2, 0.25) is 0 Å². The third-order valence-electron chi connectivity index (χ3n) is 2.49. The molecule has 0 aliphatic carbocycles. The minimum atomic E-state index is -0.0933. The van der Waals surface area contributed by atoms with Crippen LogP contribution < -0.4 is 11.3 Å². The summed E-state index contributed by atoms with van der Waals surface area (Å²) in [6, 6.07) is 1.56. The first-order valence-corrected chi connectivity index (χ1v) is 7.17. The maximum absolute atomic E-state index is 11.5. The third kappa shape index (κ3) is 4.13. The van der Waals surface area contributed by atoms with Gasteiger partial charge in [-0.2, -0.15) is 5.10 Å². The highest BCUT2D eigenvalue weighted by molar-refractivity contribution is 7.99. The molecule has 0 bridgehead atoms. The fourth-order valence-corrected chi connectivity index (χ4v) is 2.50. The van der Waals surface area contributed by atoms with E-state index < -0.39 is 0 Å². The summed E-state index contributed by atoms with van der Waals surface area (Å²) in [6.07, 6.45) is 5.21. The fourth-order valence-electron chi connectivity index (χ4n) is 1.67. The molecule has 0 saturated heterocycles. The molecule has 6 nitrogen and oxygen atoms in total. The van der Waals surface area contributed by atoms with Crippen molar-refractivity contribution in [3.05, 3.63) is 34.5 Å². The van der Waals surface area contributed by atoms with Gasteiger partial charge in [0.05, 0.1) is 18.4 Å². The van der Waals surface area contributed by atoms with Gasteiger partial charge in [0.2, 0.25) is 0 Å². The Bertz CT molecular complexity index is 592. The number of nitrogens with two attached hydrogens (primary N) is 1. The molecule has 3 N–H and O–H groups in total. The molecule has 2 aromatic rings. The Labute approximate surface area is 115 Å². The van der Waals surface area contributed by atoms with Gasteiger partial charge >= 0.3 is 0 Å². The number of hydrogen-bond donors (Lipinski definition) is 2. The smallest absolute Gasteiger partial charge is 0.251 e. The van der Waals surface area contributed by atoms with Crippen molar-refractivity contribution in [2.24, 2.45) is 0 Å². The van der Waals surface area contributed by atoms with Crippen LogP contribution in [-0.4, -0.2) is 25.5 Å². The Balaban J connectivity index is 1.93. The number of aryl methyl sites for hydroxylation is 2. The zero-order valence-electron chi connectivity index (χ0n) is 10.8. The summed E-state index contributed by atoms with van der Waals surface area (Å²) >= 11 is 1.51. The maximum Gasteiger partial charge on any atom is 0.251 e. The van der Waals surface area contributed by atoms with Crippen LogP contribution in [0, 0.1) is 0 Å². The fraction of sp³-hybridized carbons (Fsp3) is 0.417. The zero-order chi connectivity index (χ0) is 13.7. The standard InChI is InChI=1S/C12H17N5OS/c1-2-3-10-6-11(18)16-12(15-10)19-5-4-17-8-9(13)7-14-17/h6-8H,2-5,13H2,1H3,(H,15,16,18). The number of aromatic nitrogens is 4. The lowest BCUT2D eigenvalue weighted by molar-refractivity contribution is 0.665. The van der Waals surface area contributed by atoms with E-state index in [4.69, 9.17) is 5.73 Å². The average Bonchev–Trinajstić information content (AvgIpc) is 2.75. The van der Waals surface area contributed by atoms with Crippen LogP contribution in [0.4, 0.5) is 5.69 Å². The van der Waals surface area contributed by atoms with Crippen molar-refractivity contribution in [2.75, 3.05) is 11.5 Å². The first-order chi connectivity index (χ1) is 9.17. The third-order valence-corrected chi connectivity index (χ3v) is 3.34. The molecule has 102 valence electrons. The van der Waals surface area contributed by atoms with Crippen LogP contribution in [0.3, 0.4) is 0 Å². The van der Waals surface area contributed by atoms with E-state index in [-0.39, 0.29) is 5.56 Å². The van der Waals surface area contributed by atoms with Crippen LogP contribution in [0.25, 0.3) is 0 Å². The molecular formula is C12H17N5OS. The number of H-pyrrole nitrogens is 1. The van der Waals surface area contributed by atoms with Gasteiger partial charge in [0.15, 0.2) is 5.16 Å². The topological polar surface area (TPSA) is 89.6 Å². The Morgan fingerprint density at radius 3 is 3.05 bits per heavy atom. The number of nitrogen functional groups attached to an aromatic ring is 1. The molecule has 0 saturated carbocycles. The number of anilines is 1. The number of rotatable bonds is 6. The van der Waals surface area contributed by atoms with E-state index in [1.165, 1.54) is 11.8 Å². The summed E-state index contributed by atoms with van der Waals surface area (Å²) in [6.45, 7) is 2.79. The molecule has 0 aromatic carbocycles. The lowest BCUT2D eigenvalue weighted by Gasteiger charge is -2.03. The second kappa shape index (κ2) is 6.42. The number of aromatic amines is 1. The first-order valence-electron chi connectivity index (χ1n) is 6.18. The van der Waals surface area contributed by atoms with Crippen LogP contribution >= 0.6 is 11.8 Å². The number of nitrogens with one attached hydrogen (secondary N) is 1. The van der Waals surface area contributed by atoms with Crippen LogP contribution in [0.15, 0.2) is 28.4 Å². The predicted octanol–water partition coefficient (Wildman–Crippen LogP) is 1.29. The highest BCUT2D eigenvalue weighted by atomic mass is 32.2. The minimum Gasteiger partial charge on any atom is -0.396 e. The van der Waals surface area contributed by atoms with Crippen molar-refractivity contribution >= 4 is 17.4 Å². The molecule has 19 heavy (non-hydrogen) atoms. The molecule has 0 amide bonds. The van der Waals surface area contributed by atoms with E-state index in [9.17, 15) is 4.79 Å². The minimum absolute atomic E-state index is 0.0933. The summed E-state index contributed by atoms with van der Waals surface area (Å²) in [7, 11) is 0. The largest absolute Gasteiger partial charge is 0.396 e. The molecule has 2 rings (SSSR count). The van der Waals surface area contributed by atoms with Crippen molar-refractivity contribution in [3.8, 4) is 0 Å². The molecule has 0 atom stereocenters. The lowest BCUT2D eigenvalue weighted by atomic mass is 10.2. The normalized spacial score (nSPS) is 10.8. The Hall–Kier alpha value is -1.76. The van der Waals surface area contributed by atoms with E-state index in [2.05, 4.69) is 22.0 Å². The van der Waals surface area contributed by atoms with Crippen molar-refractivity contribution in [1.82, 2.24) is 19.7 Å². The van der Waals surface area contributed by atoms with Crippen molar-refractivity contribution < 1.29 is 0 Å². The van der Waals surface area contributed by atoms with E-state index in [0.717, 1.165) is 30.8 Å². The van der Waals surface area contributed by atoms with Crippen molar-refractivity contribution in [2.45, 2.75) is 31.5 Å². The molecule has 2 heterocycles. The Kier molecular flexibility index (Phi) is 4.62. The van der Waals surface area contributed by atoms with Gasteiger partial charge in [0, 0.05) is 23.7 Å². The van der Waals surface area contributed by atoms with Gasteiger partial charge in [0.1, 0.15) is 0 Å². The van der Waals surface area contributed by atoms with Gasteiger partial charge in [-0.25, -0.2) is 4.98 Å². The van der Waals surface area contributed by atoms with Crippen LogP contribution in [0.1, 0.15) is 19.0 Å². The summed E-state index contributed by atoms with van der Waals surface area (Å²) in [5.41, 5.74) is 6.99. The monoisotopic (exact) mass is 279 g/mol. The predicted molar refractivity (Wildman–Crippen MR) is 76.2 cm³/mol. The highest BCUT2D eigenvalue weighted by Gasteiger charge is 2.02. The number of hydrogen-bond acceptors (Lipinski definition) is 5. The van der Waals surface area contributed by atoms with E-state index in [0.29, 0.717) is 10.8 Å². The lowest BCUT2D eigenvalue weighted by Crippen LogP contribution is -2.10. The average molecular weight is 279 g/mol. The van der Waals surface area contributed by atoms with Gasteiger partial charge in [-0.1, -0.05) is 25.1 Å². The molecule has 7 heteroatoms. The zero-order valence-corrected chi connectivity index (χ0v) is 11.6. The van der Waals surface area contributed by atoms with Gasteiger partial charge < -0.3 is 10.7 Å². The maximum atomic E-state index is 11.5. The summed E-state index contributed by atoms with van der Waals surface area (Å²) < 4.78 is 1.77. The highest BCUT2D eigenvalue weighted by Crippen LogP contribution is 2.12. The quantitative estimate of drug-likeness (QED) is 0.614. The molecule has 2 aromatic heterocycles. The SMILES string of the molecule is CCCc1cc(=O)[nH]c(SCCn2cc(N)cn2)n1. The molecule has 0 aliphatic rings. The second-order valence-electron chi connectivity index (χ2n) is 4.18. The summed E-state index contributed by atoms with van der Waals surface area (Å²) in [4.78, 5) is 18.6. The Morgan fingerprint density at radius 2 is 2.37 bits per heavy atom. The van der Waals surface area contributed by atoms with Gasteiger partial charge in [0.25, 0.3) is 5.56 Å². The van der Waals surface area contributed by atoms with Crippen LogP contribution in [0.5, 0.6) is 0 Å². The summed E-state index contributed by atoms with van der Waals surface area (Å²) in [5.74, 6) is 0.777. The molecule has 0 aliphatic heterocycles. The second-order valence-corrected chi connectivity index (χ2v) is 5.26. The van der Waals surface area contributed by atoms with Crippen LogP contribution in [-0.2, 0) is 13.0 Å². The van der Waals surface area contributed by atoms with E-state index >= 15 is 0 Å². The molecule has 0 radical (unpaired) electrons. The molecular weight excluding hydrogens is 262 g/mol. The van der Waals surface area contributed by atoms with E-state index in [1.54, 1.807) is 23.1 Å². The van der Waals surface area contributed by atoms with E-state index in [1.807, 2.05) is 0 Å². The number of nitrogens with zero attached hydrogens (tertiary/aromatic N) is 3. The number of thioether (sulfide) groups is 1. The molecule has 0 spiro atoms. The van der Waals surface area contributed by atoms with Crippen molar-refractivity contribution in [1.29, 1.82) is 0 Å². The van der Waals surface area contributed by atoms with Gasteiger partial charge in [-0.3, -0.25) is 9.48 Å².